The maximum atomic E-state index is 12.1. The van der Waals surface area contributed by atoms with Crippen LogP contribution in [0, 0.1) is 6.92 Å². The zero-order valence-electron chi connectivity index (χ0n) is 12.3. The number of carbonyl (C=O) groups excluding carboxylic acids is 1. The molecule has 0 N–H and O–H groups in total. The van der Waals surface area contributed by atoms with Crippen LogP contribution >= 0.6 is 11.6 Å². The van der Waals surface area contributed by atoms with E-state index in [9.17, 15) is 9.59 Å². The monoisotopic (exact) mass is 328 g/mol. The fourth-order valence-corrected chi connectivity index (χ4v) is 2.44. The second kappa shape index (κ2) is 6.22. The fourth-order valence-electron chi connectivity index (χ4n) is 2.23. The molecule has 0 aliphatic heterocycles. The molecule has 2 aromatic heterocycles. The third-order valence-electron chi connectivity index (χ3n) is 3.38. The lowest BCUT2D eigenvalue weighted by molar-refractivity contribution is 0.0468. The number of pyridine rings is 1. The first kappa shape index (κ1) is 15.2. The standard InChI is InChI=1S/C17H13ClN2O3/c1-11-5-4-8-20-15(21)9-12(19-16(11)20)10-23-17(22)13-6-2-3-7-14(13)18/h2-9H,10H2,1H3. The van der Waals surface area contributed by atoms with Crippen LogP contribution in [0.1, 0.15) is 21.6 Å². The molecule has 5 nitrogen and oxygen atoms in total. The van der Waals surface area contributed by atoms with Crippen LogP contribution in [0.3, 0.4) is 0 Å². The van der Waals surface area contributed by atoms with Crippen LogP contribution < -0.4 is 5.56 Å². The number of aryl methyl sites for hydroxylation is 1. The van der Waals surface area contributed by atoms with E-state index in [0.717, 1.165) is 5.56 Å². The lowest BCUT2D eigenvalue weighted by atomic mass is 10.2. The molecule has 0 aliphatic carbocycles. The van der Waals surface area contributed by atoms with Crippen LogP contribution in [-0.4, -0.2) is 15.4 Å². The Morgan fingerprint density at radius 3 is 2.83 bits per heavy atom. The quantitative estimate of drug-likeness (QED) is 0.693. The van der Waals surface area contributed by atoms with Crippen LogP contribution in [0.5, 0.6) is 0 Å². The molecule has 3 aromatic rings. The van der Waals surface area contributed by atoms with E-state index in [1.807, 2.05) is 13.0 Å². The Morgan fingerprint density at radius 2 is 2.04 bits per heavy atom. The normalized spacial score (nSPS) is 10.7. The van der Waals surface area contributed by atoms with E-state index in [2.05, 4.69) is 4.98 Å². The second-order valence-corrected chi connectivity index (χ2v) is 5.43. The third kappa shape index (κ3) is 3.10. The molecule has 0 saturated heterocycles. The molecular weight excluding hydrogens is 316 g/mol. The Bertz CT molecular complexity index is 950. The Balaban J connectivity index is 1.85. The number of aromatic nitrogens is 2. The van der Waals surface area contributed by atoms with Crippen molar-refractivity contribution >= 4 is 23.2 Å². The zero-order chi connectivity index (χ0) is 16.4. The highest BCUT2D eigenvalue weighted by Gasteiger charge is 2.12. The summed E-state index contributed by atoms with van der Waals surface area (Å²) in [4.78, 5) is 28.5. The number of halogens is 1. The molecule has 23 heavy (non-hydrogen) atoms. The van der Waals surface area contributed by atoms with Gasteiger partial charge in [0.15, 0.2) is 0 Å². The summed E-state index contributed by atoms with van der Waals surface area (Å²) in [7, 11) is 0. The van der Waals surface area contributed by atoms with Gasteiger partial charge in [-0.1, -0.05) is 29.8 Å². The van der Waals surface area contributed by atoms with E-state index in [1.165, 1.54) is 10.5 Å². The predicted molar refractivity (Wildman–Crippen MR) is 86.8 cm³/mol. The van der Waals surface area contributed by atoms with Gasteiger partial charge in [-0.05, 0) is 30.7 Å². The van der Waals surface area contributed by atoms with E-state index < -0.39 is 5.97 Å². The highest BCUT2D eigenvalue weighted by molar-refractivity contribution is 6.33. The molecule has 0 fully saturated rings. The molecule has 0 bridgehead atoms. The minimum Gasteiger partial charge on any atom is -0.456 e. The number of hydrogen-bond acceptors (Lipinski definition) is 4. The first-order chi connectivity index (χ1) is 11.1. The van der Waals surface area contributed by atoms with Crippen LogP contribution in [0.2, 0.25) is 5.02 Å². The van der Waals surface area contributed by atoms with Gasteiger partial charge in [0.1, 0.15) is 12.3 Å². The van der Waals surface area contributed by atoms with Crippen LogP contribution in [-0.2, 0) is 11.3 Å². The van der Waals surface area contributed by atoms with Crippen LogP contribution in [0.4, 0.5) is 0 Å². The number of rotatable bonds is 3. The number of esters is 1. The molecular formula is C17H13ClN2O3. The van der Waals surface area contributed by atoms with E-state index in [0.29, 0.717) is 16.4 Å². The van der Waals surface area contributed by atoms with Crippen molar-refractivity contribution in [3.63, 3.8) is 0 Å². The summed E-state index contributed by atoms with van der Waals surface area (Å²) in [5.41, 5.74) is 1.86. The van der Waals surface area contributed by atoms with E-state index in [4.69, 9.17) is 16.3 Å². The van der Waals surface area contributed by atoms with Crippen molar-refractivity contribution in [3.05, 3.63) is 80.9 Å². The number of benzene rings is 1. The molecule has 0 amide bonds. The number of hydrogen-bond donors (Lipinski definition) is 0. The fraction of sp³-hybridized carbons (Fsp3) is 0.118. The van der Waals surface area contributed by atoms with Gasteiger partial charge in [0.2, 0.25) is 0 Å². The average Bonchev–Trinajstić information content (AvgIpc) is 2.54. The Hall–Kier alpha value is -2.66. The smallest absolute Gasteiger partial charge is 0.340 e. The largest absolute Gasteiger partial charge is 0.456 e. The average molecular weight is 329 g/mol. The zero-order valence-corrected chi connectivity index (χ0v) is 13.1. The molecule has 0 aliphatic rings. The molecule has 0 spiro atoms. The summed E-state index contributed by atoms with van der Waals surface area (Å²) in [6.07, 6.45) is 1.65. The number of carbonyl (C=O) groups is 1. The predicted octanol–water partition coefficient (Wildman–Crippen LogP) is 3.01. The molecule has 3 rings (SSSR count). The molecule has 2 heterocycles. The Labute approximate surface area is 137 Å². The summed E-state index contributed by atoms with van der Waals surface area (Å²) in [6, 6.07) is 11.6. The summed E-state index contributed by atoms with van der Waals surface area (Å²) in [6.45, 7) is 1.77. The van der Waals surface area contributed by atoms with Gasteiger partial charge < -0.3 is 4.74 Å². The van der Waals surface area contributed by atoms with Crippen molar-refractivity contribution < 1.29 is 9.53 Å². The SMILES string of the molecule is Cc1cccn2c(=O)cc(COC(=O)c3ccccc3Cl)nc12. The van der Waals surface area contributed by atoms with E-state index in [-0.39, 0.29) is 17.7 Å². The summed E-state index contributed by atoms with van der Waals surface area (Å²) in [5, 5.41) is 0.319. The summed E-state index contributed by atoms with van der Waals surface area (Å²) in [5.74, 6) is -0.553. The maximum absolute atomic E-state index is 12.1. The topological polar surface area (TPSA) is 60.7 Å². The Kier molecular flexibility index (Phi) is 4.12. The first-order valence-corrected chi connectivity index (χ1v) is 7.33. The number of nitrogens with zero attached hydrogens (tertiary/aromatic N) is 2. The minimum atomic E-state index is -0.553. The van der Waals surface area contributed by atoms with Gasteiger partial charge in [-0.3, -0.25) is 9.20 Å². The molecule has 0 unspecified atom stereocenters. The minimum absolute atomic E-state index is 0.0931. The van der Waals surface area contributed by atoms with Gasteiger partial charge >= 0.3 is 5.97 Å². The molecule has 0 atom stereocenters. The van der Waals surface area contributed by atoms with E-state index in [1.54, 1.807) is 36.5 Å². The van der Waals surface area contributed by atoms with Gasteiger partial charge in [0.05, 0.1) is 16.3 Å². The number of ether oxygens (including phenoxy) is 1. The maximum Gasteiger partial charge on any atom is 0.340 e. The van der Waals surface area contributed by atoms with Gasteiger partial charge in [-0.15, -0.1) is 0 Å². The molecule has 116 valence electrons. The summed E-state index contributed by atoms with van der Waals surface area (Å²) < 4.78 is 6.66. The Morgan fingerprint density at radius 1 is 1.26 bits per heavy atom. The van der Waals surface area contributed by atoms with Crippen LogP contribution in [0.25, 0.3) is 5.65 Å². The van der Waals surface area contributed by atoms with Gasteiger partial charge in [-0.2, -0.15) is 0 Å². The van der Waals surface area contributed by atoms with Crippen LogP contribution in [0.15, 0.2) is 53.5 Å². The molecule has 6 heteroatoms. The summed E-state index contributed by atoms with van der Waals surface area (Å²) >= 11 is 5.96. The van der Waals surface area contributed by atoms with Gasteiger partial charge in [0.25, 0.3) is 5.56 Å². The van der Waals surface area contributed by atoms with Crippen molar-refractivity contribution in [1.82, 2.24) is 9.38 Å². The van der Waals surface area contributed by atoms with Crippen molar-refractivity contribution in [2.75, 3.05) is 0 Å². The van der Waals surface area contributed by atoms with E-state index >= 15 is 0 Å². The van der Waals surface area contributed by atoms with Crippen molar-refractivity contribution in [3.8, 4) is 0 Å². The third-order valence-corrected chi connectivity index (χ3v) is 3.71. The van der Waals surface area contributed by atoms with Gasteiger partial charge in [-0.25, -0.2) is 9.78 Å². The van der Waals surface area contributed by atoms with Crippen molar-refractivity contribution in [1.29, 1.82) is 0 Å². The molecule has 1 aromatic carbocycles. The van der Waals surface area contributed by atoms with Crippen molar-refractivity contribution in [2.45, 2.75) is 13.5 Å². The lowest BCUT2D eigenvalue weighted by Gasteiger charge is -2.08. The van der Waals surface area contributed by atoms with Gasteiger partial charge in [0, 0.05) is 12.3 Å². The van der Waals surface area contributed by atoms with Crippen molar-refractivity contribution in [2.24, 2.45) is 0 Å². The number of fused-ring (bicyclic) bond motifs is 1. The first-order valence-electron chi connectivity index (χ1n) is 6.96. The highest BCUT2D eigenvalue weighted by atomic mass is 35.5. The molecule has 0 radical (unpaired) electrons. The lowest BCUT2D eigenvalue weighted by Crippen LogP contribution is -2.17. The highest BCUT2D eigenvalue weighted by Crippen LogP contribution is 2.16. The second-order valence-electron chi connectivity index (χ2n) is 5.03. The molecule has 0 saturated carbocycles.